The van der Waals surface area contributed by atoms with Gasteiger partial charge in [-0.1, -0.05) is 48.5 Å². The van der Waals surface area contributed by atoms with Crippen LogP contribution in [0.2, 0.25) is 0 Å². The predicted octanol–water partition coefficient (Wildman–Crippen LogP) is 3.71. The summed E-state index contributed by atoms with van der Waals surface area (Å²) in [6.45, 7) is 0.208. The van der Waals surface area contributed by atoms with Crippen molar-refractivity contribution in [3.8, 4) is 5.75 Å². The topological polar surface area (TPSA) is 79.7 Å². The molecule has 0 bridgehead atoms. The van der Waals surface area contributed by atoms with Gasteiger partial charge in [0.25, 0.3) is 11.7 Å². The first kappa shape index (κ1) is 19.4. The standard InChI is InChI=1S/C24H20N2O4/c1-30-19-11-9-16(10-12-19)15-26-21(18-8-5-13-25-14-18)20(23(28)24(26)29)22(27)17-6-3-2-4-7-17/h2-14,21,27H,15H2,1H3/b22-20-. The van der Waals surface area contributed by atoms with Gasteiger partial charge >= 0.3 is 0 Å². The molecule has 1 amide bonds. The Balaban J connectivity index is 1.81. The Morgan fingerprint density at radius 3 is 2.40 bits per heavy atom. The number of Topliss-reactive ketones (excluding diaryl/α,β-unsaturated/α-hetero) is 1. The van der Waals surface area contributed by atoms with Crippen molar-refractivity contribution in [3.63, 3.8) is 0 Å². The van der Waals surface area contributed by atoms with Gasteiger partial charge in [0.2, 0.25) is 0 Å². The van der Waals surface area contributed by atoms with Gasteiger partial charge in [0, 0.05) is 24.5 Å². The number of carbonyl (C=O) groups is 2. The Hall–Kier alpha value is -3.93. The predicted molar refractivity (Wildman–Crippen MR) is 112 cm³/mol. The molecule has 4 rings (SSSR count). The number of amides is 1. The van der Waals surface area contributed by atoms with Gasteiger partial charge in [-0.25, -0.2) is 0 Å². The fourth-order valence-electron chi connectivity index (χ4n) is 3.61. The summed E-state index contributed by atoms with van der Waals surface area (Å²) >= 11 is 0. The summed E-state index contributed by atoms with van der Waals surface area (Å²) in [5.41, 5.74) is 2.04. The zero-order valence-corrected chi connectivity index (χ0v) is 16.4. The molecule has 2 heterocycles. The van der Waals surface area contributed by atoms with Gasteiger partial charge in [-0.3, -0.25) is 14.6 Å². The molecule has 1 aromatic heterocycles. The van der Waals surface area contributed by atoms with Gasteiger partial charge < -0.3 is 14.7 Å². The highest BCUT2D eigenvalue weighted by Crippen LogP contribution is 2.40. The van der Waals surface area contributed by atoms with Gasteiger partial charge in [-0.15, -0.1) is 0 Å². The van der Waals surface area contributed by atoms with Crippen LogP contribution in [0.3, 0.4) is 0 Å². The lowest BCUT2D eigenvalue weighted by molar-refractivity contribution is -0.140. The van der Waals surface area contributed by atoms with Gasteiger partial charge in [-0.2, -0.15) is 0 Å². The molecule has 1 aliphatic heterocycles. The molecule has 3 aromatic rings. The van der Waals surface area contributed by atoms with Crippen molar-refractivity contribution in [2.75, 3.05) is 7.11 Å². The number of ether oxygens (including phenoxy) is 1. The Morgan fingerprint density at radius 2 is 1.77 bits per heavy atom. The lowest BCUT2D eigenvalue weighted by atomic mass is 9.96. The maximum absolute atomic E-state index is 13.0. The van der Waals surface area contributed by atoms with Crippen LogP contribution in [-0.4, -0.2) is 33.8 Å². The number of carbonyl (C=O) groups excluding carboxylic acids is 2. The summed E-state index contributed by atoms with van der Waals surface area (Å²) in [5.74, 6) is -0.857. The minimum absolute atomic E-state index is 0.0627. The average Bonchev–Trinajstić information content (AvgIpc) is 3.05. The van der Waals surface area contributed by atoms with Crippen LogP contribution in [0.25, 0.3) is 5.76 Å². The van der Waals surface area contributed by atoms with Crippen LogP contribution < -0.4 is 4.74 Å². The summed E-state index contributed by atoms with van der Waals surface area (Å²) in [6, 6.07) is 18.8. The third-order valence-corrected chi connectivity index (χ3v) is 5.10. The van der Waals surface area contributed by atoms with Crippen LogP contribution in [0.1, 0.15) is 22.7 Å². The van der Waals surface area contributed by atoms with E-state index in [1.807, 2.05) is 18.2 Å². The molecule has 1 atom stereocenters. The van der Waals surface area contributed by atoms with E-state index >= 15 is 0 Å². The van der Waals surface area contributed by atoms with Crippen LogP contribution >= 0.6 is 0 Å². The maximum atomic E-state index is 13.0. The molecule has 1 N–H and O–H groups in total. The number of hydrogen-bond acceptors (Lipinski definition) is 5. The second-order valence-corrected chi connectivity index (χ2v) is 6.93. The average molecular weight is 400 g/mol. The largest absolute Gasteiger partial charge is 0.507 e. The van der Waals surface area contributed by atoms with Crippen molar-refractivity contribution in [1.29, 1.82) is 0 Å². The van der Waals surface area contributed by atoms with Gasteiger partial charge in [0.1, 0.15) is 11.5 Å². The number of rotatable bonds is 5. The number of likely N-dealkylation sites (tertiary alicyclic amines) is 1. The second-order valence-electron chi connectivity index (χ2n) is 6.93. The number of hydrogen-bond donors (Lipinski definition) is 1. The molecular formula is C24H20N2O4. The molecular weight excluding hydrogens is 380 g/mol. The van der Waals surface area contributed by atoms with E-state index in [-0.39, 0.29) is 17.9 Å². The van der Waals surface area contributed by atoms with Crippen LogP contribution in [0.15, 0.2) is 84.7 Å². The fraction of sp³-hybridized carbons (Fsp3) is 0.125. The molecule has 0 spiro atoms. The number of aliphatic hydroxyl groups is 1. The third kappa shape index (κ3) is 3.55. The van der Waals surface area contributed by atoms with Crippen LogP contribution in [-0.2, 0) is 16.1 Å². The van der Waals surface area contributed by atoms with Crippen molar-refractivity contribution in [1.82, 2.24) is 9.88 Å². The van der Waals surface area contributed by atoms with Gasteiger partial charge in [0.15, 0.2) is 0 Å². The number of ketones is 1. The molecule has 1 unspecified atom stereocenters. The molecule has 6 heteroatoms. The highest BCUT2D eigenvalue weighted by molar-refractivity contribution is 6.46. The van der Waals surface area contributed by atoms with E-state index in [1.54, 1.807) is 68.0 Å². The number of nitrogens with zero attached hydrogens (tertiary/aromatic N) is 2. The van der Waals surface area contributed by atoms with Crippen molar-refractivity contribution in [2.45, 2.75) is 12.6 Å². The normalized spacial score (nSPS) is 17.9. The monoisotopic (exact) mass is 400 g/mol. The molecule has 30 heavy (non-hydrogen) atoms. The quantitative estimate of drug-likeness (QED) is 0.401. The lowest BCUT2D eigenvalue weighted by Crippen LogP contribution is -2.29. The molecule has 2 aromatic carbocycles. The zero-order chi connectivity index (χ0) is 21.1. The number of methoxy groups -OCH3 is 1. The first-order chi connectivity index (χ1) is 14.6. The summed E-state index contributed by atoms with van der Waals surface area (Å²) in [4.78, 5) is 31.5. The Morgan fingerprint density at radius 1 is 1.03 bits per heavy atom. The highest BCUT2D eigenvalue weighted by atomic mass is 16.5. The number of benzene rings is 2. The van der Waals surface area contributed by atoms with Crippen LogP contribution in [0, 0.1) is 0 Å². The molecule has 6 nitrogen and oxygen atoms in total. The minimum atomic E-state index is -0.735. The smallest absolute Gasteiger partial charge is 0.295 e. The van der Waals surface area contributed by atoms with Crippen LogP contribution in [0.5, 0.6) is 5.75 Å². The van der Waals surface area contributed by atoms with E-state index in [1.165, 1.54) is 4.90 Å². The summed E-state index contributed by atoms with van der Waals surface area (Å²) in [5, 5.41) is 10.9. The number of aliphatic hydroxyl groups excluding tert-OH is 1. The Bertz CT molecular complexity index is 1090. The third-order valence-electron chi connectivity index (χ3n) is 5.10. The van der Waals surface area contributed by atoms with E-state index in [0.29, 0.717) is 16.9 Å². The van der Waals surface area contributed by atoms with E-state index in [4.69, 9.17) is 4.74 Å². The Kier molecular flexibility index (Phi) is 5.30. The minimum Gasteiger partial charge on any atom is -0.507 e. The molecule has 0 radical (unpaired) electrons. The molecule has 1 aliphatic rings. The second kappa shape index (κ2) is 8.21. The first-order valence-electron chi connectivity index (χ1n) is 9.47. The number of aromatic nitrogens is 1. The lowest BCUT2D eigenvalue weighted by Gasteiger charge is -2.25. The van der Waals surface area contributed by atoms with E-state index in [2.05, 4.69) is 4.98 Å². The van der Waals surface area contributed by atoms with Crippen molar-refractivity contribution >= 4 is 17.4 Å². The summed E-state index contributed by atoms with van der Waals surface area (Å²) in [7, 11) is 1.58. The van der Waals surface area contributed by atoms with Crippen molar-refractivity contribution < 1.29 is 19.4 Å². The SMILES string of the molecule is COc1ccc(CN2C(=O)C(=O)/C(=C(\O)c3ccccc3)C2c2cccnc2)cc1. The molecule has 0 aliphatic carbocycles. The van der Waals surface area contributed by atoms with E-state index < -0.39 is 17.7 Å². The van der Waals surface area contributed by atoms with Crippen molar-refractivity contribution in [3.05, 3.63) is 101 Å². The molecule has 1 saturated heterocycles. The maximum Gasteiger partial charge on any atom is 0.295 e. The zero-order valence-electron chi connectivity index (χ0n) is 16.4. The van der Waals surface area contributed by atoms with Gasteiger partial charge in [0.05, 0.1) is 18.7 Å². The molecule has 0 saturated carbocycles. The Labute approximate surface area is 174 Å². The highest BCUT2D eigenvalue weighted by Gasteiger charge is 2.46. The van der Waals surface area contributed by atoms with Crippen molar-refractivity contribution in [2.24, 2.45) is 0 Å². The summed E-state index contributed by atoms with van der Waals surface area (Å²) in [6.07, 6.45) is 3.23. The molecule has 1 fully saturated rings. The first-order valence-corrected chi connectivity index (χ1v) is 9.47. The fourth-order valence-corrected chi connectivity index (χ4v) is 3.61. The van der Waals surface area contributed by atoms with E-state index in [9.17, 15) is 14.7 Å². The van der Waals surface area contributed by atoms with E-state index in [0.717, 1.165) is 5.56 Å². The summed E-state index contributed by atoms with van der Waals surface area (Å²) < 4.78 is 5.18. The van der Waals surface area contributed by atoms with Gasteiger partial charge in [-0.05, 0) is 29.3 Å². The number of pyridine rings is 1. The molecule has 150 valence electrons. The van der Waals surface area contributed by atoms with Crippen LogP contribution in [0.4, 0.5) is 0 Å².